The summed E-state index contributed by atoms with van der Waals surface area (Å²) in [7, 11) is 5.07. The van der Waals surface area contributed by atoms with E-state index >= 15 is 0 Å². The molecule has 1 aliphatic carbocycles. The molecule has 2 amide bonds. The number of esters is 2. The summed E-state index contributed by atoms with van der Waals surface area (Å²) in [5, 5.41) is 4.93. The van der Waals surface area contributed by atoms with Gasteiger partial charge in [-0.2, -0.15) is 6.08 Å². The van der Waals surface area contributed by atoms with Gasteiger partial charge >= 0.3 is 0 Å². The molecule has 10 heteroatoms. The smallest absolute Gasteiger partial charge is 0.282 e. The first-order chi connectivity index (χ1) is 16.3. The Labute approximate surface area is 224 Å². The molecule has 7 nitrogen and oxygen atoms in total. The van der Waals surface area contributed by atoms with Crippen molar-refractivity contribution in [3.63, 3.8) is 0 Å². The Morgan fingerprint density at radius 2 is 1.46 bits per heavy atom. The van der Waals surface area contributed by atoms with Crippen molar-refractivity contribution in [1.29, 1.82) is 0 Å². The Morgan fingerprint density at radius 3 is 1.89 bits per heavy atom. The number of hydrogen-bond acceptors (Lipinski definition) is 5. The second-order valence-corrected chi connectivity index (χ2v) is 8.91. The fraction of sp³-hybridized carbons (Fsp3) is 0.280. The zero-order valence-corrected chi connectivity index (χ0v) is 23.0. The number of ether oxygens (including phenoxy) is 1. The van der Waals surface area contributed by atoms with Crippen LogP contribution in [0.25, 0.3) is 0 Å². The minimum atomic E-state index is -0.624. The van der Waals surface area contributed by atoms with Crippen LogP contribution in [0, 0.1) is 6.08 Å². The van der Waals surface area contributed by atoms with Crippen LogP contribution in [0.5, 0.6) is 0 Å². The van der Waals surface area contributed by atoms with Gasteiger partial charge in [0.2, 0.25) is 5.91 Å². The molecule has 35 heavy (non-hydrogen) atoms. The van der Waals surface area contributed by atoms with Gasteiger partial charge in [-0.1, -0.05) is 55.7 Å². The van der Waals surface area contributed by atoms with E-state index in [1.807, 2.05) is 36.4 Å². The van der Waals surface area contributed by atoms with E-state index in [1.165, 1.54) is 19.3 Å². The number of nitrogens with one attached hydrogen (secondary N) is 1. The molecule has 0 radical (unpaired) electrons. The van der Waals surface area contributed by atoms with E-state index in [-0.39, 0.29) is 38.7 Å². The van der Waals surface area contributed by atoms with Gasteiger partial charge in [-0.05, 0) is 42.0 Å². The Morgan fingerprint density at radius 1 is 0.914 bits per heavy atom. The molecule has 190 valence electrons. The van der Waals surface area contributed by atoms with Crippen molar-refractivity contribution in [3.05, 3.63) is 71.8 Å². The first kappa shape index (κ1) is 30.8. The molecule has 1 aliphatic heterocycles. The first-order valence-electron chi connectivity index (χ1n) is 10.9. The van der Waals surface area contributed by atoms with Gasteiger partial charge in [-0.3, -0.25) is 20.5 Å². The monoisotopic (exact) mass is 605 g/mol. The summed E-state index contributed by atoms with van der Waals surface area (Å²) < 4.78 is 4.09. The summed E-state index contributed by atoms with van der Waals surface area (Å²) >= 11 is 0. The second kappa shape index (κ2) is 16.5. The van der Waals surface area contributed by atoms with Crippen molar-refractivity contribution in [1.82, 2.24) is 5.32 Å². The van der Waals surface area contributed by atoms with E-state index in [2.05, 4.69) is 34.6 Å². The summed E-state index contributed by atoms with van der Waals surface area (Å²) in [5.41, 5.74) is 6.40. The molecule has 1 saturated carbocycles. The third-order valence-electron chi connectivity index (χ3n) is 5.05. The van der Waals surface area contributed by atoms with Crippen LogP contribution in [0.3, 0.4) is 0 Å². The van der Waals surface area contributed by atoms with Gasteiger partial charge in [0.15, 0.2) is 5.97 Å². The van der Waals surface area contributed by atoms with E-state index in [4.69, 9.17) is 5.73 Å². The number of cyclic esters (lactones) is 2. The molecule has 1 fully saturated rings. The topological polar surface area (TPSA) is 116 Å². The van der Waals surface area contributed by atoms with E-state index in [0.717, 1.165) is 35.1 Å². The van der Waals surface area contributed by atoms with Gasteiger partial charge < -0.3 is 20.6 Å². The number of carbonyl (C=O) groups is 4. The SMILES string of the molecule is NC(=O)c1ccccc1P.O=C(NC1CCCCC1)c1ccccc1P.O=C1C=[C-]CC(=O)O1.[Pd]. The predicted molar refractivity (Wildman–Crippen MR) is 138 cm³/mol. The zero-order valence-electron chi connectivity index (χ0n) is 19.1. The summed E-state index contributed by atoms with van der Waals surface area (Å²) in [6.07, 6.45) is 9.70. The minimum Gasteiger partial charge on any atom is -0.485 e. The molecule has 3 N–H and O–H groups in total. The minimum absolute atomic E-state index is 0. The average Bonchev–Trinajstić information content (AvgIpc) is 2.81. The van der Waals surface area contributed by atoms with E-state index in [1.54, 1.807) is 12.1 Å². The summed E-state index contributed by atoms with van der Waals surface area (Å²) in [6, 6.07) is 15.2. The molecule has 0 saturated heterocycles. The number of rotatable bonds is 3. The van der Waals surface area contributed by atoms with Gasteiger partial charge in [0.05, 0.1) is 0 Å². The van der Waals surface area contributed by atoms with E-state index in [9.17, 15) is 19.2 Å². The Bertz CT molecular complexity index is 1060. The second-order valence-electron chi connectivity index (χ2n) is 7.67. The molecule has 0 aromatic heterocycles. The quantitative estimate of drug-likeness (QED) is 0.183. The van der Waals surface area contributed by atoms with Crippen molar-refractivity contribution in [2.45, 2.75) is 44.6 Å². The standard InChI is InChI=1S/C13H18NOP.C7H8NOP.C5H3O3.Pd/c15-13(11-8-4-5-9-12(11)16)14-10-6-2-1-3-7-10;8-7(9)5-3-1-2-4-6(5)10;6-4-2-1-3-5(7)8-4;/h4-5,8-10H,1-3,6-7,16H2,(H,14,15);1-4H,10H2,(H2,8,9);2H,3H2;/q;;-1;. The van der Waals surface area contributed by atoms with Crippen LogP contribution < -0.4 is 21.7 Å². The van der Waals surface area contributed by atoms with Crippen LogP contribution >= 0.6 is 18.5 Å². The van der Waals surface area contributed by atoms with Gasteiger partial charge in [-0.15, -0.1) is 18.5 Å². The fourth-order valence-corrected chi connectivity index (χ4v) is 4.02. The molecule has 0 spiro atoms. The molecule has 2 atom stereocenters. The van der Waals surface area contributed by atoms with Crippen molar-refractivity contribution in [2.75, 3.05) is 0 Å². The van der Waals surface area contributed by atoms with Crippen molar-refractivity contribution >= 4 is 52.8 Å². The van der Waals surface area contributed by atoms with E-state index < -0.39 is 11.9 Å². The van der Waals surface area contributed by atoms with Gasteiger partial charge in [0.25, 0.3) is 11.9 Å². The number of carbonyl (C=O) groups excluding carboxylic acids is 4. The van der Waals surface area contributed by atoms with Gasteiger partial charge in [0, 0.05) is 37.6 Å². The van der Waals surface area contributed by atoms with Crippen LogP contribution in [0.1, 0.15) is 59.2 Å². The first-order valence-corrected chi connectivity index (χ1v) is 12.0. The maximum atomic E-state index is 12.0. The molecule has 2 unspecified atom stereocenters. The summed E-state index contributed by atoms with van der Waals surface area (Å²) in [4.78, 5) is 42.9. The average molecular weight is 606 g/mol. The number of amides is 2. The molecule has 0 bridgehead atoms. The van der Waals surface area contributed by atoms with Gasteiger partial charge in [-0.25, -0.2) is 0 Å². The van der Waals surface area contributed by atoms with Crippen molar-refractivity contribution in [2.24, 2.45) is 5.73 Å². The van der Waals surface area contributed by atoms with Crippen LogP contribution in [0.4, 0.5) is 0 Å². The predicted octanol–water partition coefficient (Wildman–Crippen LogP) is 2.35. The normalized spacial score (nSPS) is 14.7. The van der Waals surface area contributed by atoms with Crippen molar-refractivity contribution < 1.29 is 44.3 Å². The number of primary amides is 1. The molecule has 2 aromatic rings. The summed E-state index contributed by atoms with van der Waals surface area (Å²) in [6.45, 7) is 0. The Kier molecular flexibility index (Phi) is 14.5. The number of nitrogens with two attached hydrogens (primary N) is 1. The van der Waals surface area contributed by atoms with Crippen LogP contribution in [0.15, 0.2) is 54.6 Å². The van der Waals surface area contributed by atoms with Crippen molar-refractivity contribution in [3.8, 4) is 0 Å². The molecular weight excluding hydrogens is 577 g/mol. The third kappa shape index (κ3) is 11.4. The Hall–Kier alpha value is -2.22. The molecular formula is C25H29N2O5P2Pd-. The molecule has 4 rings (SSSR count). The zero-order chi connectivity index (χ0) is 24.9. The number of benzene rings is 2. The van der Waals surface area contributed by atoms with Crippen LogP contribution in [0.2, 0.25) is 0 Å². The van der Waals surface area contributed by atoms with Crippen LogP contribution in [-0.4, -0.2) is 29.8 Å². The van der Waals surface area contributed by atoms with Crippen LogP contribution in [-0.2, 0) is 34.7 Å². The van der Waals surface area contributed by atoms with E-state index in [0.29, 0.717) is 11.6 Å². The maximum Gasteiger partial charge on any atom is 0.282 e. The molecule has 2 aliphatic rings. The fourth-order valence-electron chi connectivity index (χ4n) is 3.33. The third-order valence-corrected chi connectivity index (χ3v) is 6.06. The Balaban J connectivity index is 0.000000278. The largest absolute Gasteiger partial charge is 0.485 e. The number of hydrogen-bond donors (Lipinski definition) is 2. The summed E-state index contributed by atoms with van der Waals surface area (Å²) in [5.74, 6) is -1.47. The van der Waals surface area contributed by atoms with Gasteiger partial charge in [0.1, 0.15) is 0 Å². The maximum absolute atomic E-state index is 12.0. The molecule has 2 aromatic carbocycles. The molecule has 1 heterocycles.